The monoisotopic (exact) mass is 366 g/mol. The topological polar surface area (TPSA) is 42.4 Å². The molecule has 7 heteroatoms. The molecule has 0 amide bonds. The molecule has 0 atom stereocenters. The number of pyridine rings is 1. The molecule has 0 saturated carbocycles. The fourth-order valence-corrected chi connectivity index (χ4v) is 2.61. The molecule has 2 heterocycles. The maximum Gasteiger partial charge on any atom is 0.333 e. The van der Waals surface area contributed by atoms with Crippen LogP contribution in [-0.2, 0) is 22.6 Å². The van der Waals surface area contributed by atoms with Crippen molar-refractivity contribution >= 4 is 29.2 Å². The van der Waals surface area contributed by atoms with Crippen molar-refractivity contribution in [2.24, 2.45) is 0 Å². The van der Waals surface area contributed by atoms with E-state index in [4.69, 9.17) is 27.9 Å². The minimum Gasteiger partial charge on any atom is -0.456 e. The summed E-state index contributed by atoms with van der Waals surface area (Å²) in [6.45, 7) is 1.08. The van der Waals surface area contributed by atoms with Crippen LogP contribution in [0.2, 0.25) is 10.2 Å². The second kappa shape index (κ2) is 7.20. The highest BCUT2D eigenvalue weighted by Crippen LogP contribution is 2.22. The van der Waals surface area contributed by atoms with Crippen LogP contribution in [0.5, 0.6) is 0 Å². The second-order valence-electron chi connectivity index (χ2n) is 5.34. The summed E-state index contributed by atoms with van der Waals surface area (Å²) in [7, 11) is 0. The lowest BCUT2D eigenvalue weighted by Gasteiger charge is -2.25. The average Bonchev–Trinajstić information content (AvgIpc) is 2.99. The largest absolute Gasteiger partial charge is 0.456 e. The molecule has 2 aromatic rings. The van der Waals surface area contributed by atoms with Crippen LogP contribution < -0.4 is 0 Å². The van der Waals surface area contributed by atoms with Gasteiger partial charge in [-0.1, -0.05) is 35.3 Å². The Morgan fingerprint density at radius 1 is 1.17 bits per heavy atom. The van der Waals surface area contributed by atoms with Gasteiger partial charge in [-0.25, -0.2) is 14.2 Å². The maximum absolute atomic E-state index is 13.7. The zero-order valence-electron chi connectivity index (χ0n) is 12.5. The molecule has 0 bridgehead atoms. The third-order valence-electron chi connectivity index (χ3n) is 3.57. The van der Waals surface area contributed by atoms with Crippen LogP contribution >= 0.6 is 23.2 Å². The molecular weight excluding hydrogens is 354 g/mol. The van der Waals surface area contributed by atoms with Crippen molar-refractivity contribution in [1.29, 1.82) is 0 Å². The molecule has 1 aromatic carbocycles. The number of ether oxygens (including phenoxy) is 1. The Balaban J connectivity index is 1.84. The van der Waals surface area contributed by atoms with E-state index in [-0.39, 0.29) is 17.6 Å². The van der Waals surface area contributed by atoms with Crippen LogP contribution in [0, 0.1) is 5.82 Å². The molecule has 4 nitrogen and oxygen atoms in total. The van der Waals surface area contributed by atoms with Crippen LogP contribution in [0.25, 0.3) is 0 Å². The summed E-state index contributed by atoms with van der Waals surface area (Å²) in [4.78, 5) is 17.4. The minimum absolute atomic E-state index is 0.0748. The average molecular weight is 367 g/mol. The fourth-order valence-electron chi connectivity index (χ4n) is 2.38. The van der Waals surface area contributed by atoms with E-state index in [9.17, 15) is 9.18 Å². The Hall–Kier alpha value is -2.11. The van der Waals surface area contributed by atoms with Crippen LogP contribution in [-0.4, -0.2) is 22.5 Å². The molecule has 0 fully saturated rings. The van der Waals surface area contributed by atoms with Gasteiger partial charge >= 0.3 is 5.97 Å². The third kappa shape index (κ3) is 4.04. The Bertz CT molecular complexity index is 794. The first kappa shape index (κ1) is 16.7. The van der Waals surface area contributed by atoms with E-state index in [1.165, 1.54) is 18.2 Å². The van der Waals surface area contributed by atoms with Crippen molar-refractivity contribution in [2.45, 2.75) is 13.1 Å². The predicted molar refractivity (Wildman–Crippen MR) is 88.9 cm³/mol. The summed E-state index contributed by atoms with van der Waals surface area (Å²) in [6.07, 6.45) is 3.10. The molecule has 0 aliphatic carbocycles. The summed E-state index contributed by atoms with van der Waals surface area (Å²) in [5.41, 5.74) is 2.37. The first-order valence-corrected chi connectivity index (χ1v) is 7.93. The molecule has 1 aliphatic heterocycles. The van der Waals surface area contributed by atoms with Crippen LogP contribution in [0.1, 0.15) is 11.1 Å². The number of rotatable bonds is 5. The standard InChI is InChI=1S/C17H13Cl2FN2O2/c18-14-3-1-11(5-15(14)20)8-22(13-6-17(23)24-10-13)9-12-2-4-16(19)21-7-12/h1-7H,8-10H2. The number of benzene rings is 1. The number of carbonyl (C=O) groups excluding carboxylic acids is 1. The summed E-state index contributed by atoms with van der Waals surface area (Å²) in [5.74, 6) is -0.860. The first-order chi connectivity index (χ1) is 11.5. The van der Waals surface area contributed by atoms with Gasteiger partial charge in [-0.2, -0.15) is 0 Å². The van der Waals surface area contributed by atoms with Crippen LogP contribution in [0.3, 0.4) is 0 Å². The lowest BCUT2D eigenvalue weighted by Crippen LogP contribution is -2.23. The number of aromatic nitrogens is 1. The van der Waals surface area contributed by atoms with Gasteiger partial charge in [0.15, 0.2) is 0 Å². The second-order valence-corrected chi connectivity index (χ2v) is 6.13. The van der Waals surface area contributed by atoms with E-state index >= 15 is 0 Å². The lowest BCUT2D eigenvalue weighted by molar-refractivity contribution is -0.135. The van der Waals surface area contributed by atoms with Gasteiger partial charge in [-0.15, -0.1) is 0 Å². The molecule has 0 radical (unpaired) electrons. The molecule has 1 aliphatic rings. The van der Waals surface area contributed by atoms with E-state index in [0.29, 0.717) is 18.2 Å². The highest BCUT2D eigenvalue weighted by molar-refractivity contribution is 6.30. The summed E-state index contributed by atoms with van der Waals surface area (Å²) in [6, 6.07) is 8.19. The van der Waals surface area contributed by atoms with Crippen molar-refractivity contribution < 1.29 is 13.9 Å². The van der Waals surface area contributed by atoms with Crippen molar-refractivity contribution in [2.75, 3.05) is 6.61 Å². The maximum atomic E-state index is 13.7. The molecule has 24 heavy (non-hydrogen) atoms. The Morgan fingerprint density at radius 2 is 1.92 bits per heavy atom. The van der Waals surface area contributed by atoms with Gasteiger partial charge in [0, 0.05) is 25.4 Å². The normalized spacial score (nSPS) is 13.6. The number of hydrogen-bond donors (Lipinski definition) is 0. The highest BCUT2D eigenvalue weighted by Gasteiger charge is 2.20. The zero-order valence-corrected chi connectivity index (χ0v) is 14.0. The van der Waals surface area contributed by atoms with Gasteiger partial charge < -0.3 is 9.64 Å². The van der Waals surface area contributed by atoms with E-state index in [1.54, 1.807) is 18.3 Å². The quantitative estimate of drug-likeness (QED) is 0.593. The van der Waals surface area contributed by atoms with Gasteiger partial charge in [0.1, 0.15) is 17.6 Å². The molecule has 1 aromatic heterocycles. The van der Waals surface area contributed by atoms with Crippen LogP contribution in [0.4, 0.5) is 4.39 Å². The summed E-state index contributed by atoms with van der Waals surface area (Å²) in [5, 5.41) is 0.481. The minimum atomic E-state index is -0.477. The van der Waals surface area contributed by atoms with Crippen molar-refractivity contribution in [3.05, 3.63) is 75.4 Å². The molecule has 0 unspecified atom stereocenters. The molecule has 0 spiro atoms. The molecule has 3 rings (SSSR count). The lowest BCUT2D eigenvalue weighted by atomic mass is 10.1. The molecule has 0 saturated heterocycles. The SMILES string of the molecule is O=C1C=C(N(Cc2ccc(Cl)nc2)Cc2ccc(Cl)c(F)c2)CO1. The van der Waals surface area contributed by atoms with E-state index in [0.717, 1.165) is 16.8 Å². The Morgan fingerprint density at radius 3 is 2.54 bits per heavy atom. The zero-order chi connectivity index (χ0) is 17.1. The molecule has 0 N–H and O–H groups in total. The van der Waals surface area contributed by atoms with Crippen molar-refractivity contribution in [3.63, 3.8) is 0 Å². The van der Waals surface area contributed by atoms with E-state index in [2.05, 4.69) is 4.98 Å². The van der Waals surface area contributed by atoms with Crippen LogP contribution in [0.15, 0.2) is 48.3 Å². The summed E-state index contributed by atoms with van der Waals surface area (Å²) < 4.78 is 18.7. The summed E-state index contributed by atoms with van der Waals surface area (Å²) >= 11 is 11.5. The smallest absolute Gasteiger partial charge is 0.333 e. The van der Waals surface area contributed by atoms with Gasteiger partial charge in [-0.05, 0) is 29.3 Å². The fraction of sp³-hybridized carbons (Fsp3) is 0.176. The number of esters is 1. The Kier molecular flexibility index (Phi) is 5.02. The van der Waals surface area contributed by atoms with Crippen molar-refractivity contribution in [3.8, 4) is 0 Å². The van der Waals surface area contributed by atoms with Gasteiger partial charge in [0.2, 0.25) is 0 Å². The van der Waals surface area contributed by atoms with E-state index < -0.39 is 5.82 Å². The first-order valence-electron chi connectivity index (χ1n) is 7.18. The number of halogens is 3. The third-order valence-corrected chi connectivity index (χ3v) is 4.10. The van der Waals surface area contributed by atoms with Gasteiger partial charge in [-0.3, -0.25) is 0 Å². The molecular formula is C17H13Cl2FN2O2. The Labute approximate surface area is 148 Å². The van der Waals surface area contributed by atoms with E-state index in [1.807, 2.05) is 11.0 Å². The number of hydrogen-bond acceptors (Lipinski definition) is 4. The van der Waals surface area contributed by atoms with Gasteiger partial charge in [0.25, 0.3) is 0 Å². The highest BCUT2D eigenvalue weighted by atomic mass is 35.5. The number of cyclic esters (lactones) is 1. The number of nitrogens with zero attached hydrogens (tertiary/aromatic N) is 2. The predicted octanol–water partition coefficient (Wildman–Crippen LogP) is 3.97. The van der Waals surface area contributed by atoms with Crippen molar-refractivity contribution in [1.82, 2.24) is 9.88 Å². The number of carbonyl (C=O) groups is 1. The molecule has 124 valence electrons. The van der Waals surface area contributed by atoms with Gasteiger partial charge in [0.05, 0.1) is 10.7 Å².